The van der Waals surface area contributed by atoms with Crippen molar-refractivity contribution in [2.45, 2.75) is 19.3 Å². The van der Waals surface area contributed by atoms with Crippen molar-refractivity contribution in [3.05, 3.63) is 38.4 Å². The number of nitro benzene ring substituents is 1. The van der Waals surface area contributed by atoms with Crippen molar-refractivity contribution in [3.63, 3.8) is 0 Å². The van der Waals surface area contributed by atoms with Gasteiger partial charge in [0.05, 0.1) is 4.92 Å². The van der Waals surface area contributed by atoms with Crippen LogP contribution in [0.2, 0.25) is 5.02 Å². The van der Waals surface area contributed by atoms with E-state index in [-0.39, 0.29) is 10.7 Å². The maximum Gasteiger partial charge on any atom is 0.288 e. The van der Waals surface area contributed by atoms with E-state index in [0.717, 1.165) is 30.4 Å². The van der Waals surface area contributed by atoms with E-state index >= 15 is 0 Å². The lowest BCUT2D eigenvalue weighted by Crippen LogP contribution is -1.92. The van der Waals surface area contributed by atoms with Gasteiger partial charge in [-0.2, -0.15) is 0 Å². The van der Waals surface area contributed by atoms with Crippen LogP contribution >= 0.6 is 11.6 Å². The first-order chi connectivity index (χ1) is 6.18. The second-order valence-electron chi connectivity index (χ2n) is 3.18. The van der Waals surface area contributed by atoms with Crippen molar-refractivity contribution in [1.82, 2.24) is 0 Å². The first kappa shape index (κ1) is 8.51. The number of aryl methyl sites for hydroxylation is 2. The molecule has 1 aliphatic rings. The van der Waals surface area contributed by atoms with Gasteiger partial charge in [0.25, 0.3) is 5.69 Å². The Labute approximate surface area is 80.5 Å². The molecule has 0 atom stereocenters. The zero-order chi connectivity index (χ0) is 9.42. The highest BCUT2D eigenvalue weighted by Gasteiger charge is 2.19. The molecule has 0 N–H and O–H groups in total. The third-order valence-corrected chi connectivity index (χ3v) is 2.66. The maximum atomic E-state index is 10.5. The topological polar surface area (TPSA) is 43.1 Å². The smallest absolute Gasteiger partial charge is 0.258 e. The Morgan fingerprint density at radius 2 is 1.92 bits per heavy atom. The van der Waals surface area contributed by atoms with Gasteiger partial charge in [0.1, 0.15) is 5.02 Å². The Morgan fingerprint density at radius 1 is 1.31 bits per heavy atom. The van der Waals surface area contributed by atoms with E-state index in [1.54, 1.807) is 12.1 Å². The number of nitro groups is 1. The summed E-state index contributed by atoms with van der Waals surface area (Å²) < 4.78 is 0. The number of fused-ring (bicyclic) bond motifs is 1. The maximum absolute atomic E-state index is 10.5. The summed E-state index contributed by atoms with van der Waals surface area (Å²) in [5.41, 5.74) is 2.27. The zero-order valence-electron chi connectivity index (χ0n) is 6.92. The molecule has 1 aliphatic carbocycles. The van der Waals surface area contributed by atoms with Gasteiger partial charge in [-0.25, -0.2) is 0 Å². The molecule has 0 fully saturated rings. The van der Waals surface area contributed by atoms with Gasteiger partial charge in [-0.15, -0.1) is 0 Å². The SMILES string of the molecule is O=[N+]([O-])c1cc2c(cc1Cl)CCC2. The second-order valence-corrected chi connectivity index (χ2v) is 3.59. The lowest BCUT2D eigenvalue weighted by atomic mass is 10.1. The first-order valence-electron chi connectivity index (χ1n) is 4.14. The average molecular weight is 198 g/mol. The molecule has 0 saturated heterocycles. The van der Waals surface area contributed by atoms with Crippen LogP contribution < -0.4 is 0 Å². The predicted octanol–water partition coefficient (Wildman–Crippen LogP) is 2.74. The van der Waals surface area contributed by atoms with Crippen LogP contribution in [0.4, 0.5) is 5.69 Å². The van der Waals surface area contributed by atoms with Gasteiger partial charge in [-0.3, -0.25) is 10.1 Å². The Bertz CT molecular complexity index is 376. The molecular formula is C9H8ClNO2. The van der Waals surface area contributed by atoms with Crippen molar-refractivity contribution in [1.29, 1.82) is 0 Å². The van der Waals surface area contributed by atoms with Gasteiger partial charge in [0, 0.05) is 6.07 Å². The minimum Gasteiger partial charge on any atom is -0.258 e. The largest absolute Gasteiger partial charge is 0.288 e. The Morgan fingerprint density at radius 3 is 2.54 bits per heavy atom. The highest BCUT2D eigenvalue weighted by Crippen LogP contribution is 2.32. The van der Waals surface area contributed by atoms with Crippen molar-refractivity contribution in [2.75, 3.05) is 0 Å². The Kier molecular flexibility index (Phi) is 1.96. The normalized spacial score (nSPS) is 14.2. The number of nitrogens with zero attached hydrogens (tertiary/aromatic N) is 1. The van der Waals surface area contributed by atoms with Crippen LogP contribution in [0.1, 0.15) is 17.5 Å². The number of hydrogen-bond acceptors (Lipinski definition) is 2. The molecular weight excluding hydrogens is 190 g/mol. The van der Waals surface area contributed by atoms with E-state index in [9.17, 15) is 10.1 Å². The van der Waals surface area contributed by atoms with Crippen LogP contribution in [-0.2, 0) is 12.8 Å². The molecule has 0 bridgehead atoms. The van der Waals surface area contributed by atoms with Gasteiger partial charge in [-0.1, -0.05) is 11.6 Å². The minimum atomic E-state index is -0.430. The summed E-state index contributed by atoms with van der Waals surface area (Å²) in [6.07, 6.45) is 3.01. The van der Waals surface area contributed by atoms with E-state index in [2.05, 4.69) is 0 Å². The molecule has 1 aromatic rings. The molecule has 0 heterocycles. The molecule has 1 aromatic carbocycles. The molecule has 0 aromatic heterocycles. The van der Waals surface area contributed by atoms with E-state index in [4.69, 9.17) is 11.6 Å². The molecule has 13 heavy (non-hydrogen) atoms. The highest BCUT2D eigenvalue weighted by molar-refractivity contribution is 6.32. The molecule has 0 aliphatic heterocycles. The molecule has 0 radical (unpaired) electrons. The van der Waals surface area contributed by atoms with Crippen LogP contribution in [0.25, 0.3) is 0 Å². The second kappa shape index (κ2) is 3.00. The van der Waals surface area contributed by atoms with Crippen molar-refractivity contribution >= 4 is 17.3 Å². The monoisotopic (exact) mass is 197 g/mol. The zero-order valence-corrected chi connectivity index (χ0v) is 7.67. The van der Waals surface area contributed by atoms with Gasteiger partial charge in [0.15, 0.2) is 0 Å². The molecule has 0 amide bonds. The summed E-state index contributed by atoms with van der Waals surface area (Å²) in [5, 5.41) is 10.8. The molecule has 0 spiro atoms. The fraction of sp³-hybridized carbons (Fsp3) is 0.333. The van der Waals surface area contributed by atoms with Gasteiger partial charge in [-0.05, 0) is 36.5 Å². The summed E-state index contributed by atoms with van der Waals surface area (Å²) in [5.74, 6) is 0. The van der Waals surface area contributed by atoms with Gasteiger partial charge < -0.3 is 0 Å². The summed E-state index contributed by atoms with van der Waals surface area (Å²) >= 11 is 5.76. The fourth-order valence-electron chi connectivity index (χ4n) is 1.72. The molecule has 0 saturated carbocycles. The summed E-state index contributed by atoms with van der Waals surface area (Å²) in [6.45, 7) is 0. The predicted molar refractivity (Wildman–Crippen MR) is 50.1 cm³/mol. The van der Waals surface area contributed by atoms with Crippen molar-refractivity contribution in [2.24, 2.45) is 0 Å². The summed E-state index contributed by atoms with van der Waals surface area (Å²) in [7, 11) is 0. The van der Waals surface area contributed by atoms with Gasteiger partial charge in [0.2, 0.25) is 0 Å². The third-order valence-electron chi connectivity index (χ3n) is 2.36. The Hall–Kier alpha value is -1.09. The molecule has 0 unspecified atom stereocenters. The van der Waals surface area contributed by atoms with Crippen LogP contribution in [0, 0.1) is 10.1 Å². The number of rotatable bonds is 1. The van der Waals surface area contributed by atoms with Crippen LogP contribution in [0.15, 0.2) is 12.1 Å². The molecule has 2 rings (SSSR count). The fourth-order valence-corrected chi connectivity index (χ4v) is 1.98. The first-order valence-corrected chi connectivity index (χ1v) is 4.52. The minimum absolute atomic E-state index is 0.0299. The van der Waals surface area contributed by atoms with E-state index in [0.29, 0.717) is 0 Å². The third kappa shape index (κ3) is 1.40. The van der Waals surface area contributed by atoms with E-state index < -0.39 is 4.92 Å². The Balaban J connectivity index is 2.55. The molecule has 68 valence electrons. The van der Waals surface area contributed by atoms with E-state index in [1.165, 1.54) is 0 Å². The van der Waals surface area contributed by atoms with E-state index in [1.807, 2.05) is 0 Å². The number of hydrogen-bond donors (Lipinski definition) is 0. The number of halogens is 1. The summed E-state index contributed by atoms with van der Waals surface area (Å²) in [6, 6.07) is 3.33. The quantitative estimate of drug-likeness (QED) is 0.513. The van der Waals surface area contributed by atoms with Crippen LogP contribution in [0.5, 0.6) is 0 Å². The van der Waals surface area contributed by atoms with Gasteiger partial charge >= 0.3 is 0 Å². The van der Waals surface area contributed by atoms with Crippen molar-refractivity contribution in [3.8, 4) is 0 Å². The van der Waals surface area contributed by atoms with Crippen LogP contribution in [0.3, 0.4) is 0 Å². The van der Waals surface area contributed by atoms with Crippen molar-refractivity contribution < 1.29 is 4.92 Å². The van der Waals surface area contributed by atoms with Crippen LogP contribution in [-0.4, -0.2) is 4.92 Å². The highest BCUT2D eigenvalue weighted by atomic mass is 35.5. The lowest BCUT2D eigenvalue weighted by molar-refractivity contribution is -0.384. The number of benzene rings is 1. The standard InChI is InChI=1S/C9H8ClNO2/c10-8-4-6-2-1-3-7(6)5-9(8)11(12)13/h4-5H,1-3H2. The molecule has 3 nitrogen and oxygen atoms in total. The molecule has 4 heteroatoms. The lowest BCUT2D eigenvalue weighted by Gasteiger charge is -2.00. The average Bonchev–Trinajstić information content (AvgIpc) is 2.48. The summed E-state index contributed by atoms with van der Waals surface area (Å²) in [4.78, 5) is 10.1.